The van der Waals surface area contributed by atoms with E-state index in [1.165, 1.54) is 6.08 Å². The van der Waals surface area contributed by atoms with Crippen molar-refractivity contribution in [3.8, 4) is 0 Å². The largest absolute Gasteiger partial charge is 0.463 e. The number of esters is 7. The number of carbonyl (C=O) groups is 8. The van der Waals surface area contributed by atoms with Crippen molar-refractivity contribution in [1.29, 1.82) is 0 Å². The Balaban J connectivity index is 3.12. The molecule has 1 fully saturated rings. The third kappa shape index (κ3) is 21.4. The first-order valence-corrected chi connectivity index (χ1v) is 17.9. The molecule has 1 aliphatic rings. The van der Waals surface area contributed by atoms with E-state index in [2.05, 4.69) is 26.3 Å². The average molecular weight is 765 g/mol. The predicted molar refractivity (Wildman–Crippen MR) is 189 cm³/mol. The van der Waals surface area contributed by atoms with Gasteiger partial charge in [0.2, 0.25) is 12.4 Å². The molecule has 0 spiro atoms. The summed E-state index contributed by atoms with van der Waals surface area (Å²) in [5, 5.41) is 0. The van der Waals surface area contributed by atoms with Crippen molar-refractivity contribution in [1.82, 2.24) is 0 Å². The molecule has 54 heavy (non-hydrogen) atoms. The van der Waals surface area contributed by atoms with Crippen molar-refractivity contribution in [2.24, 2.45) is 0 Å². The Morgan fingerprint density at radius 2 is 0.852 bits per heavy atom. The molecule has 0 amide bonds. The fourth-order valence-electron chi connectivity index (χ4n) is 4.71. The smallest absolute Gasteiger partial charge is 0.330 e. The number of allylic oxidation sites excluding steroid dienone is 1. The quantitative estimate of drug-likeness (QED) is 0.0456. The monoisotopic (exact) mass is 764 g/mol. The topological polar surface area (TPSA) is 210 Å². The van der Waals surface area contributed by atoms with E-state index in [9.17, 15) is 38.4 Å². The number of hydrogen-bond donors (Lipinski definition) is 0. The number of rotatable bonds is 29. The highest BCUT2D eigenvalue weighted by Gasteiger charge is 2.49. The molecule has 4 atom stereocenters. The zero-order valence-electron chi connectivity index (χ0n) is 30.7. The van der Waals surface area contributed by atoms with Gasteiger partial charge in [0.1, 0.15) is 0 Å². The van der Waals surface area contributed by atoms with Gasteiger partial charge in [0.05, 0.1) is 26.4 Å². The highest BCUT2D eigenvalue weighted by atomic mass is 16.7. The van der Waals surface area contributed by atoms with E-state index in [4.69, 9.17) is 37.9 Å². The minimum atomic E-state index is -1.56. The van der Waals surface area contributed by atoms with Gasteiger partial charge in [0.25, 0.3) is 0 Å². The molecule has 0 N–H and O–H groups in total. The lowest BCUT2D eigenvalue weighted by Crippen LogP contribution is -2.58. The number of ether oxygens (including phenoxy) is 8. The first kappa shape index (κ1) is 46.9. The summed E-state index contributed by atoms with van der Waals surface area (Å²) < 4.78 is 43.0. The van der Waals surface area contributed by atoms with Crippen molar-refractivity contribution < 1.29 is 76.3 Å². The van der Waals surface area contributed by atoms with Gasteiger partial charge < -0.3 is 37.9 Å². The molecule has 1 saturated heterocycles. The molecule has 300 valence electrons. The predicted octanol–water partition coefficient (Wildman–Crippen LogP) is 4.03. The van der Waals surface area contributed by atoms with Gasteiger partial charge in [-0.25, -0.2) is 14.4 Å². The molecule has 0 aromatic carbocycles. The second-order valence-corrected chi connectivity index (χ2v) is 11.8. The Labute approximate surface area is 315 Å². The molecular formula is C38H52O16. The Hall–Kier alpha value is -5.12. The van der Waals surface area contributed by atoms with Gasteiger partial charge in [0.15, 0.2) is 18.0 Å². The van der Waals surface area contributed by atoms with E-state index in [1.54, 1.807) is 0 Å². The number of ketones is 1. The molecule has 0 radical (unpaired) electrons. The number of hydrogen-bond acceptors (Lipinski definition) is 16. The first-order valence-electron chi connectivity index (χ1n) is 17.9. The van der Waals surface area contributed by atoms with Crippen LogP contribution in [0.3, 0.4) is 0 Å². The Morgan fingerprint density at radius 3 is 1.30 bits per heavy atom. The minimum Gasteiger partial charge on any atom is -0.463 e. The van der Waals surface area contributed by atoms with Crippen LogP contribution in [0.15, 0.2) is 50.6 Å². The van der Waals surface area contributed by atoms with E-state index in [0.29, 0.717) is 38.5 Å². The molecule has 1 unspecified atom stereocenters. The van der Waals surface area contributed by atoms with Crippen LogP contribution in [0.5, 0.6) is 0 Å². The molecule has 0 aliphatic carbocycles. The van der Waals surface area contributed by atoms with E-state index in [1.807, 2.05) is 0 Å². The maximum Gasteiger partial charge on any atom is 0.330 e. The molecule has 0 aromatic heterocycles. The molecule has 1 heterocycles. The fraction of sp³-hybridized carbons (Fsp3) is 0.579. The summed E-state index contributed by atoms with van der Waals surface area (Å²) in [4.78, 5) is 97.2. The zero-order chi connectivity index (χ0) is 40.1. The second kappa shape index (κ2) is 28.4. The second-order valence-electron chi connectivity index (χ2n) is 11.8. The van der Waals surface area contributed by atoms with E-state index < -0.39 is 73.0 Å². The molecular weight excluding hydrogens is 712 g/mol. The third-order valence-corrected chi connectivity index (χ3v) is 7.54. The van der Waals surface area contributed by atoms with Gasteiger partial charge in [-0.3, -0.25) is 24.0 Å². The summed E-state index contributed by atoms with van der Waals surface area (Å²) in [7, 11) is 0. The highest BCUT2D eigenvalue weighted by Crippen LogP contribution is 2.27. The number of carbonyl (C=O) groups excluding carboxylic acids is 8. The number of unbranched alkanes of at least 4 members (excludes halogenated alkanes) is 5. The summed E-state index contributed by atoms with van der Waals surface area (Å²) >= 11 is 0. The Bertz CT molecular complexity index is 1210. The van der Waals surface area contributed by atoms with Gasteiger partial charge in [0, 0.05) is 50.3 Å². The van der Waals surface area contributed by atoms with Gasteiger partial charge in [-0.05, 0) is 57.4 Å². The van der Waals surface area contributed by atoms with Crippen LogP contribution in [-0.4, -0.2) is 98.6 Å². The van der Waals surface area contributed by atoms with Crippen molar-refractivity contribution in [2.75, 3.05) is 26.4 Å². The first-order chi connectivity index (χ1) is 25.9. The Morgan fingerprint density at radius 1 is 0.463 bits per heavy atom. The maximum absolute atomic E-state index is 13.1. The summed E-state index contributed by atoms with van der Waals surface area (Å²) in [6, 6.07) is 0. The van der Waals surface area contributed by atoms with Crippen LogP contribution in [0, 0.1) is 0 Å². The fourth-order valence-corrected chi connectivity index (χ4v) is 4.71. The Kier molecular flexibility index (Phi) is 24.7. The van der Waals surface area contributed by atoms with Crippen molar-refractivity contribution in [3.05, 3.63) is 50.6 Å². The van der Waals surface area contributed by atoms with Crippen LogP contribution in [0.1, 0.15) is 89.9 Å². The van der Waals surface area contributed by atoms with Gasteiger partial charge in [-0.1, -0.05) is 32.7 Å². The lowest BCUT2D eigenvalue weighted by molar-refractivity contribution is -0.275. The summed E-state index contributed by atoms with van der Waals surface area (Å²) in [6.07, 6.45) is 1.32. The summed E-state index contributed by atoms with van der Waals surface area (Å²) in [6.45, 7) is 13.1. The molecule has 16 heteroatoms. The van der Waals surface area contributed by atoms with Crippen molar-refractivity contribution in [3.63, 3.8) is 0 Å². The van der Waals surface area contributed by atoms with Crippen molar-refractivity contribution in [2.45, 2.75) is 114 Å². The standard InChI is InChI=1S/C38H52O16/c1-5-27(39)18-10-9-11-19-34(45)53-37-36(52-33(44)21-13-16-24-48-30(41)7-3)28(51-32(43)20-12-15-23-47-29(40)6-2)26-50-38(37)54-35(46)22-14-17-25-49-31(42)8-4/h5-8,28,36-38H,1-4,9-26H2/t28-,36+,37-,38?/m1/s1. The minimum absolute atomic E-state index is 0.0269. The van der Waals surface area contributed by atoms with Crippen LogP contribution in [-0.2, 0) is 76.3 Å². The maximum atomic E-state index is 13.1. The SMILES string of the molecule is C=CC(=O)CCCCCC(=O)O[C@H]1C(OC(=O)CCCCOC(=O)C=C)OC[C@@H](OC(=O)CCCCOC(=O)C=C)[C@@H]1OC(=O)CCCCOC(=O)C=C. The average Bonchev–Trinajstić information content (AvgIpc) is 3.15. The van der Waals surface area contributed by atoms with Crippen LogP contribution >= 0.6 is 0 Å². The normalized spacial score (nSPS) is 17.4. The van der Waals surface area contributed by atoms with E-state index in [0.717, 1.165) is 18.2 Å². The van der Waals surface area contributed by atoms with Gasteiger partial charge in [-0.2, -0.15) is 0 Å². The van der Waals surface area contributed by atoms with E-state index in [-0.39, 0.29) is 77.0 Å². The van der Waals surface area contributed by atoms with Gasteiger partial charge >= 0.3 is 41.8 Å². The lowest BCUT2D eigenvalue weighted by atomic mass is 10.0. The highest BCUT2D eigenvalue weighted by molar-refractivity contribution is 5.89. The molecule has 1 rings (SSSR count). The van der Waals surface area contributed by atoms with Crippen LogP contribution in [0.4, 0.5) is 0 Å². The van der Waals surface area contributed by atoms with Gasteiger partial charge in [-0.15, -0.1) is 0 Å². The summed E-state index contributed by atoms with van der Waals surface area (Å²) in [5.74, 6) is -4.95. The van der Waals surface area contributed by atoms with Crippen LogP contribution < -0.4 is 0 Å². The lowest BCUT2D eigenvalue weighted by Gasteiger charge is -2.40. The molecule has 0 saturated carbocycles. The molecule has 16 nitrogen and oxygen atoms in total. The van der Waals surface area contributed by atoms with Crippen molar-refractivity contribution >= 4 is 47.6 Å². The molecule has 0 aromatic rings. The molecule has 0 bridgehead atoms. The van der Waals surface area contributed by atoms with Crippen LogP contribution in [0.25, 0.3) is 0 Å². The van der Waals surface area contributed by atoms with E-state index >= 15 is 0 Å². The summed E-state index contributed by atoms with van der Waals surface area (Å²) in [5.41, 5.74) is 0. The van der Waals surface area contributed by atoms with Crippen LogP contribution in [0.2, 0.25) is 0 Å². The molecule has 1 aliphatic heterocycles. The zero-order valence-corrected chi connectivity index (χ0v) is 30.7. The third-order valence-electron chi connectivity index (χ3n) is 7.54.